The first-order valence-electron chi connectivity index (χ1n) is 11.8. The lowest BCUT2D eigenvalue weighted by molar-refractivity contribution is 0.102. The van der Waals surface area contributed by atoms with Gasteiger partial charge in [-0.15, -0.1) is 0 Å². The smallest absolute Gasteiger partial charge is 0.186 e. The van der Waals surface area contributed by atoms with Crippen molar-refractivity contribution in [2.75, 3.05) is 49.5 Å². The Kier molecular flexibility index (Phi) is 7.19. The number of hydrogen-bond donors (Lipinski definition) is 2. The van der Waals surface area contributed by atoms with E-state index in [-0.39, 0.29) is 18.5 Å². The van der Waals surface area contributed by atoms with Crippen molar-refractivity contribution in [2.45, 2.75) is 25.8 Å². The molecule has 0 aliphatic carbocycles. The zero-order valence-electron chi connectivity index (χ0n) is 19.1. The molecule has 2 aliphatic rings. The highest BCUT2D eigenvalue weighted by Crippen LogP contribution is 2.41. The number of aromatic nitrogens is 1. The first-order valence-corrected chi connectivity index (χ1v) is 13.4. The molecule has 3 aromatic rings. The average Bonchev–Trinajstić information content (AvgIpc) is 3.19. The Morgan fingerprint density at radius 3 is 2.79 bits per heavy atom. The second kappa shape index (κ2) is 10.2. The van der Waals surface area contributed by atoms with Crippen LogP contribution in [-0.2, 0) is 0 Å². The fraction of sp³-hybridized carbons (Fsp3) is 0.480. The van der Waals surface area contributed by atoms with Crippen LogP contribution in [0, 0.1) is 17.7 Å². The maximum Gasteiger partial charge on any atom is 0.186 e. The summed E-state index contributed by atoms with van der Waals surface area (Å²) in [5, 5.41) is 14.6. The predicted molar refractivity (Wildman–Crippen MR) is 140 cm³/mol. The van der Waals surface area contributed by atoms with E-state index in [4.69, 9.17) is 28.2 Å². The first kappa shape index (κ1) is 24.1. The summed E-state index contributed by atoms with van der Waals surface area (Å²) in [6.07, 6.45) is 2.46. The molecule has 0 saturated carbocycles. The van der Waals surface area contributed by atoms with Crippen LogP contribution in [0.1, 0.15) is 31.4 Å². The molecule has 5 rings (SSSR count). The van der Waals surface area contributed by atoms with Gasteiger partial charge in [-0.3, -0.25) is 0 Å². The molecule has 1 aromatic heterocycles. The number of β-amino-alcohol motifs (C(OH)–C–C–N with tert-alkyl or cyclic N) is 1. The van der Waals surface area contributed by atoms with Gasteiger partial charge in [0.15, 0.2) is 5.13 Å². The van der Waals surface area contributed by atoms with Gasteiger partial charge < -0.3 is 20.2 Å². The zero-order valence-corrected chi connectivity index (χ0v) is 21.4. The Bertz CT molecular complexity index is 1170. The molecule has 2 aromatic carbocycles. The quantitative estimate of drug-likeness (QED) is 0.395. The Morgan fingerprint density at radius 1 is 1.21 bits per heavy atom. The van der Waals surface area contributed by atoms with E-state index < -0.39 is 0 Å². The largest absolute Gasteiger partial charge is 0.395 e. The molecular weight excluding hydrogens is 494 g/mol. The molecule has 0 amide bonds. The molecular formula is C25H29Cl2FN4OS. The number of anilines is 2. The zero-order chi connectivity index (χ0) is 23.8. The first-order chi connectivity index (χ1) is 16.4. The van der Waals surface area contributed by atoms with Gasteiger partial charge in [0.1, 0.15) is 5.82 Å². The number of thiazole rings is 1. The number of fused-ring (bicyclic) bond motifs is 1. The van der Waals surface area contributed by atoms with Gasteiger partial charge in [0, 0.05) is 36.2 Å². The molecule has 0 bridgehead atoms. The summed E-state index contributed by atoms with van der Waals surface area (Å²) in [7, 11) is 0. The minimum Gasteiger partial charge on any atom is -0.395 e. The molecule has 5 nitrogen and oxygen atoms in total. The average molecular weight is 524 g/mol. The third-order valence-corrected chi connectivity index (χ3v) is 8.80. The topological polar surface area (TPSA) is 51.6 Å². The van der Waals surface area contributed by atoms with Crippen molar-refractivity contribution in [1.82, 2.24) is 9.88 Å². The second-order valence-electron chi connectivity index (χ2n) is 9.39. The van der Waals surface area contributed by atoms with E-state index in [0.717, 1.165) is 53.6 Å². The summed E-state index contributed by atoms with van der Waals surface area (Å²) < 4.78 is 15.7. The van der Waals surface area contributed by atoms with Gasteiger partial charge in [-0.05, 0) is 68.0 Å². The van der Waals surface area contributed by atoms with E-state index in [1.807, 2.05) is 13.0 Å². The van der Waals surface area contributed by atoms with Crippen molar-refractivity contribution in [3.63, 3.8) is 0 Å². The van der Waals surface area contributed by atoms with Crippen molar-refractivity contribution >= 4 is 55.6 Å². The van der Waals surface area contributed by atoms with Crippen molar-refractivity contribution in [1.29, 1.82) is 0 Å². The number of rotatable bonds is 7. The minimum atomic E-state index is -0.299. The van der Waals surface area contributed by atoms with E-state index in [1.54, 1.807) is 18.2 Å². The molecule has 34 heavy (non-hydrogen) atoms. The highest BCUT2D eigenvalue weighted by Gasteiger charge is 2.37. The molecule has 0 radical (unpaired) electrons. The van der Waals surface area contributed by atoms with Gasteiger partial charge >= 0.3 is 0 Å². The molecule has 2 atom stereocenters. The highest BCUT2D eigenvalue weighted by molar-refractivity contribution is 7.22. The van der Waals surface area contributed by atoms with Crippen LogP contribution in [0.15, 0.2) is 30.3 Å². The number of nitrogens with one attached hydrogen (secondary N) is 1. The van der Waals surface area contributed by atoms with Crippen LogP contribution in [0.5, 0.6) is 0 Å². The number of likely N-dealkylation sites (tertiary alicyclic amines) is 1. The van der Waals surface area contributed by atoms with Crippen LogP contribution < -0.4 is 10.2 Å². The van der Waals surface area contributed by atoms with E-state index in [0.29, 0.717) is 27.6 Å². The molecule has 2 aliphatic heterocycles. The summed E-state index contributed by atoms with van der Waals surface area (Å²) in [4.78, 5) is 9.51. The van der Waals surface area contributed by atoms with Crippen molar-refractivity contribution in [3.8, 4) is 0 Å². The summed E-state index contributed by atoms with van der Waals surface area (Å²) in [6, 6.07) is 8.39. The second-order valence-corrected chi connectivity index (χ2v) is 11.2. The lowest BCUT2D eigenvalue weighted by Crippen LogP contribution is -2.53. The predicted octanol–water partition coefficient (Wildman–Crippen LogP) is 6.06. The van der Waals surface area contributed by atoms with Crippen LogP contribution in [0.3, 0.4) is 0 Å². The van der Waals surface area contributed by atoms with Crippen LogP contribution in [0.2, 0.25) is 10.0 Å². The van der Waals surface area contributed by atoms with Gasteiger partial charge in [-0.1, -0.05) is 40.6 Å². The van der Waals surface area contributed by atoms with Crippen LogP contribution in [0.25, 0.3) is 10.2 Å². The van der Waals surface area contributed by atoms with Crippen molar-refractivity contribution in [2.24, 2.45) is 11.8 Å². The van der Waals surface area contributed by atoms with Crippen LogP contribution >= 0.6 is 34.5 Å². The molecule has 3 heterocycles. The summed E-state index contributed by atoms with van der Waals surface area (Å²) in [5.74, 6) is 1.02. The van der Waals surface area contributed by atoms with Gasteiger partial charge in [0.05, 0.1) is 28.6 Å². The lowest BCUT2D eigenvalue weighted by atomic mass is 9.81. The summed E-state index contributed by atoms with van der Waals surface area (Å²) in [6.45, 7) is 7.09. The maximum atomic E-state index is 14.9. The number of hydrogen-bond acceptors (Lipinski definition) is 6. The molecule has 2 saturated heterocycles. The molecule has 0 spiro atoms. The SMILES string of the molecule is C[C@@H](Nc1c(F)ccc2nc(N3CC([C@H]4CCCN(CCO)C4)C3)sc12)c1ccc(Cl)cc1Cl. The number of piperidine rings is 1. The minimum absolute atomic E-state index is 0.197. The molecule has 182 valence electrons. The Labute approximate surface area is 213 Å². The van der Waals surface area contributed by atoms with E-state index in [2.05, 4.69) is 15.1 Å². The van der Waals surface area contributed by atoms with E-state index in [9.17, 15) is 9.50 Å². The molecule has 9 heteroatoms. The summed E-state index contributed by atoms with van der Waals surface area (Å²) in [5.41, 5.74) is 2.12. The van der Waals surface area contributed by atoms with Gasteiger partial charge in [-0.25, -0.2) is 9.37 Å². The number of aliphatic hydroxyl groups excluding tert-OH is 1. The highest BCUT2D eigenvalue weighted by atomic mass is 35.5. The summed E-state index contributed by atoms with van der Waals surface area (Å²) >= 11 is 13.9. The molecule has 2 N–H and O–H groups in total. The third-order valence-electron chi connectivity index (χ3n) is 7.09. The van der Waals surface area contributed by atoms with Gasteiger partial charge in [-0.2, -0.15) is 0 Å². The van der Waals surface area contributed by atoms with Crippen molar-refractivity contribution < 1.29 is 9.50 Å². The molecule has 2 fully saturated rings. The number of nitrogens with zero attached hydrogens (tertiary/aromatic N) is 3. The number of benzene rings is 2. The van der Waals surface area contributed by atoms with Crippen molar-refractivity contribution in [3.05, 3.63) is 51.8 Å². The monoisotopic (exact) mass is 522 g/mol. The standard InChI is InChI=1S/C25H29Cl2FN4OS/c1-15(19-5-4-18(26)11-20(19)27)29-23-21(28)6-7-22-24(23)34-25(30-22)32-13-17(14-32)16-3-2-8-31(12-16)9-10-33/h4-7,11,15-17,29,33H,2-3,8-10,12-14H2,1H3/t15-,16+/m1/s1. The third kappa shape index (κ3) is 4.86. The number of halogens is 3. The lowest BCUT2D eigenvalue weighted by Gasteiger charge is -2.46. The number of aliphatic hydroxyl groups is 1. The van der Waals surface area contributed by atoms with Crippen LogP contribution in [0.4, 0.5) is 15.2 Å². The Morgan fingerprint density at radius 2 is 2.03 bits per heavy atom. The molecule has 0 unspecified atom stereocenters. The fourth-order valence-electron chi connectivity index (χ4n) is 5.16. The Hall–Kier alpha value is -1.64. The van der Waals surface area contributed by atoms with E-state index >= 15 is 0 Å². The van der Waals surface area contributed by atoms with Gasteiger partial charge in [0.25, 0.3) is 0 Å². The van der Waals surface area contributed by atoms with Gasteiger partial charge in [0.2, 0.25) is 0 Å². The normalized spacial score (nSPS) is 20.5. The Balaban J connectivity index is 1.30. The maximum absolute atomic E-state index is 14.9. The fourth-order valence-corrected chi connectivity index (χ4v) is 6.81. The van der Waals surface area contributed by atoms with Crippen LogP contribution in [-0.4, -0.2) is 54.3 Å². The van der Waals surface area contributed by atoms with E-state index in [1.165, 1.54) is 30.2 Å².